The molecule has 0 heterocycles. The van der Waals surface area contributed by atoms with Gasteiger partial charge in [-0.1, -0.05) is 18.2 Å². The lowest BCUT2D eigenvalue weighted by molar-refractivity contribution is 0.412. The molecule has 2 aromatic carbocycles. The molecule has 0 unspecified atom stereocenters. The van der Waals surface area contributed by atoms with Crippen LogP contribution < -0.4 is 10.1 Å². The van der Waals surface area contributed by atoms with Crippen molar-refractivity contribution in [3.05, 3.63) is 52.0 Å². The molecular formula is C15H16BrNO2. The minimum atomic E-state index is 0.346. The number of halogens is 1. The zero-order valence-electron chi connectivity index (χ0n) is 10.9. The normalized spacial score (nSPS) is 10.3. The summed E-state index contributed by atoms with van der Waals surface area (Å²) in [5.41, 5.74) is 2.70. The number of phenolic OH excluding ortho intramolecular Hbond substituents is 1. The van der Waals surface area contributed by atoms with Gasteiger partial charge in [0, 0.05) is 23.9 Å². The molecule has 2 N–H and O–H groups in total. The van der Waals surface area contributed by atoms with Crippen LogP contribution in [0.15, 0.2) is 40.9 Å². The second-order valence-electron chi connectivity index (χ2n) is 4.29. The standard InChI is InChI=1S/C15H16BrNO2/c1-10-4-3-5-11(15(10)18)9-17-12-6-7-13(16)14(8-12)19-2/h3-8,17-18H,9H2,1-2H3. The van der Waals surface area contributed by atoms with Crippen LogP contribution in [0.25, 0.3) is 0 Å². The summed E-state index contributed by atoms with van der Waals surface area (Å²) in [5, 5.41) is 13.2. The molecule has 0 saturated heterocycles. The molecule has 0 amide bonds. The van der Waals surface area contributed by atoms with Crippen molar-refractivity contribution in [2.75, 3.05) is 12.4 Å². The number of benzene rings is 2. The SMILES string of the molecule is COc1cc(NCc2cccc(C)c2O)ccc1Br. The molecule has 0 spiro atoms. The maximum atomic E-state index is 9.95. The molecule has 3 nitrogen and oxygen atoms in total. The van der Waals surface area contributed by atoms with Crippen LogP contribution in [0.2, 0.25) is 0 Å². The smallest absolute Gasteiger partial charge is 0.135 e. The summed E-state index contributed by atoms with van der Waals surface area (Å²) in [6.07, 6.45) is 0. The second-order valence-corrected chi connectivity index (χ2v) is 5.14. The van der Waals surface area contributed by atoms with Gasteiger partial charge in [-0.3, -0.25) is 0 Å². The minimum absolute atomic E-state index is 0.346. The molecule has 0 fully saturated rings. The van der Waals surface area contributed by atoms with E-state index < -0.39 is 0 Å². The van der Waals surface area contributed by atoms with Gasteiger partial charge in [-0.05, 0) is 40.5 Å². The van der Waals surface area contributed by atoms with Crippen LogP contribution in [-0.2, 0) is 6.54 Å². The fraction of sp³-hybridized carbons (Fsp3) is 0.200. The Labute approximate surface area is 121 Å². The van der Waals surface area contributed by atoms with Crippen molar-refractivity contribution in [3.8, 4) is 11.5 Å². The van der Waals surface area contributed by atoms with Crippen LogP contribution in [0.4, 0.5) is 5.69 Å². The van der Waals surface area contributed by atoms with Gasteiger partial charge in [-0.2, -0.15) is 0 Å². The van der Waals surface area contributed by atoms with E-state index >= 15 is 0 Å². The van der Waals surface area contributed by atoms with Crippen LogP contribution in [0.1, 0.15) is 11.1 Å². The molecule has 0 bridgehead atoms. The maximum absolute atomic E-state index is 9.95. The average Bonchev–Trinajstić information content (AvgIpc) is 2.42. The molecule has 2 rings (SSSR count). The van der Waals surface area contributed by atoms with Crippen molar-refractivity contribution in [3.63, 3.8) is 0 Å². The van der Waals surface area contributed by atoms with Gasteiger partial charge in [0.15, 0.2) is 0 Å². The van der Waals surface area contributed by atoms with Gasteiger partial charge >= 0.3 is 0 Å². The Morgan fingerprint density at radius 2 is 2.05 bits per heavy atom. The Morgan fingerprint density at radius 1 is 1.26 bits per heavy atom. The summed E-state index contributed by atoms with van der Waals surface area (Å²) < 4.78 is 6.16. The number of rotatable bonds is 4. The van der Waals surface area contributed by atoms with Gasteiger partial charge in [-0.25, -0.2) is 0 Å². The molecule has 19 heavy (non-hydrogen) atoms. The monoisotopic (exact) mass is 321 g/mol. The van der Waals surface area contributed by atoms with Gasteiger partial charge in [0.05, 0.1) is 11.6 Å². The predicted molar refractivity (Wildman–Crippen MR) is 80.9 cm³/mol. The van der Waals surface area contributed by atoms with E-state index in [-0.39, 0.29) is 0 Å². The maximum Gasteiger partial charge on any atom is 0.135 e. The number of methoxy groups -OCH3 is 1. The fourth-order valence-electron chi connectivity index (χ4n) is 1.83. The van der Waals surface area contributed by atoms with Gasteiger partial charge in [0.2, 0.25) is 0 Å². The number of phenols is 1. The summed E-state index contributed by atoms with van der Waals surface area (Å²) in [6.45, 7) is 2.46. The number of hydrogen-bond acceptors (Lipinski definition) is 3. The largest absolute Gasteiger partial charge is 0.507 e. The minimum Gasteiger partial charge on any atom is -0.507 e. The average molecular weight is 322 g/mol. The first-order valence-electron chi connectivity index (χ1n) is 5.96. The van der Waals surface area contributed by atoms with E-state index in [0.717, 1.165) is 27.0 Å². The highest BCUT2D eigenvalue weighted by Crippen LogP contribution is 2.28. The third kappa shape index (κ3) is 3.20. The number of hydrogen-bond donors (Lipinski definition) is 2. The number of para-hydroxylation sites is 1. The third-order valence-corrected chi connectivity index (χ3v) is 3.61. The van der Waals surface area contributed by atoms with Crippen LogP contribution >= 0.6 is 15.9 Å². The van der Waals surface area contributed by atoms with Crippen molar-refractivity contribution in [2.24, 2.45) is 0 Å². The molecule has 0 aliphatic rings. The highest BCUT2D eigenvalue weighted by Gasteiger charge is 2.05. The quantitative estimate of drug-likeness (QED) is 0.891. The Balaban J connectivity index is 2.12. The first-order valence-corrected chi connectivity index (χ1v) is 6.76. The van der Waals surface area contributed by atoms with Crippen molar-refractivity contribution < 1.29 is 9.84 Å². The first kappa shape index (κ1) is 13.7. The molecule has 2 aromatic rings. The van der Waals surface area contributed by atoms with Gasteiger partial charge in [-0.15, -0.1) is 0 Å². The lowest BCUT2D eigenvalue weighted by atomic mass is 10.1. The van der Waals surface area contributed by atoms with E-state index in [0.29, 0.717) is 12.3 Å². The number of ether oxygens (including phenoxy) is 1. The second kappa shape index (κ2) is 5.97. The van der Waals surface area contributed by atoms with Crippen LogP contribution in [0.5, 0.6) is 11.5 Å². The van der Waals surface area contributed by atoms with Crippen molar-refractivity contribution in [1.82, 2.24) is 0 Å². The molecule has 4 heteroatoms. The number of aryl methyl sites for hydroxylation is 1. The van der Waals surface area contributed by atoms with E-state index in [1.807, 2.05) is 43.3 Å². The van der Waals surface area contributed by atoms with Crippen molar-refractivity contribution >= 4 is 21.6 Å². The van der Waals surface area contributed by atoms with E-state index in [1.165, 1.54) is 0 Å². The number of anilines is 1. The predicted octanol–water partition coefficient (Wildman–Crippen LogP) is 4.08. The van der Waals surface area contributed by atoms with Gasteiger partial charge < -0.3 is 15.2 Å². The number of aromatic hydroxyl groups is 1. The van der Waals surface area contributed by atoms with E-state index in [2.05, 4.69) is 21.2 Å². The summed E-state index contributed by atoms with van der Waals surface area (Å²) in [5.74, 6) is 1.12. The highest BCUT2D eigenvalue weighted by molar-refractivity contribution is 9.10. The molecule has 0 atom stereocenters. The first-order chi connectivity index (χ1) is 9.11. The zero-order chi connectivity index (χ0) is 13.8. The summed E-state index contributed by atoms with van der Waals surface area (Å²) in [4.78, 5) is 0. The Kier molecular flexibility index (Phi) is 4.32. The fourth-order valence-corrected chi connectivity index (χ4v) is 2.24. The third-order valence-electron chi connectivity index (χ3n) is 2.96. The summed E-state index contributed by atoms with van der Waals surface area (Å²) in [7, 11) is 1.64. The summed E-state index contributed by atoms with van der Waals surface area (Å²) in [6, 6.07) is 11.5. The van der Waals surface area contributed by atoms with Crippen molar-refractivity contribution in [2.45, 2.75) is 13.5 Å². The zero-order valence-corrected chi connectivity index (χ0v) is 12.5. The van der Waals surface area contributed by atoms with Crippen LogP contribution in [-0.4, -0.2) is 12.2 Å². The Hall–Kier alpha value is -1.68. The van der Waals surface area contributed by atoms with Gasteiger partial charge in [0.1, 0.15) is 11.5 Å². The molecule has 0 aromatic heterocycles. The molecular weight excluding hydrogens is 306 g/mol. The number of nitrogens with one attached hydrogen (secondary N) is 1. The topological polar surface area (TPSA) is 41.5 Å². The van der Waals surface area contributed by atoms with Crippen LogP contribution in [0, 0.1) is 6.92 Å². The lowest BCUT2D eigenvalue weighted by Crippen LogP contribution is -2.00. The Morgan fingerprint density at radius 3 is 2.79 bits per heavy atom. The van der Waals surface area contributed by atoms with Gasteiger partial charge in [0.25, 0.3) is 0 Å². The highest BCUT2D eigenvalue weighted by atomic mass is 79.9. The molecule has 0 aliphatic heterocycles. The molecule has 0 radical (unpaired) electrons. The van der Waals surface area contributed by atoms with E-state index in [1.54, 1.807) is 7.11 Å². The van der Waals surface area contributed by atoms with E-state index in [4.69, 9.17) is 4.74 Å². The Bertz CT molecular complexity index is 584. The van der Waals surface area contributed by atoms with E-state index in [9.17, 15) is 5.11 Å². The van der Waals surface area contributed by atoms with Crippen molar-refractivity contribution in [1.29, 1.82) is 0 Å². The summed E-state index contributed by atoms with van der Waals surface area (Å²) >= 11 is 3.41. The van der Waals surface area contributed by atoms with Crippen LogP contribution in [0.3, 0.4) is 0 Å². The molecule has 0 saturated carbocycles. The molecule has 100 valence electrons. The molecule has 0 aliphatic carbocycles. The lowest BCUT2D eigenvalue weighted by Gasteiger charge is -2.11.